The molecule has 5 rings (SSSR count). The monoisotopic (exact) mass is 440 g/mol. The van der Waals surface area contributed by atoms with Crippen molar-refractivity contribution in [2.45, 2.75) is 44.3 Å². The zero-order valence-corrected chi connectivity index (χ0v) is 17.4. The van der Waals surface area contributed by atoms with E-state index in [0.717, 1.165) is 35.2 Å². The average Bonchev–Trinajstić information content (AvgIpc) is 3.41. The van der Waals surface area contributed by atoms with Gasteiger partial charge < -0.3 is 10.2 Å². The number of nitrogens with zero attached hydrogens (tertiary/aromatic N) is 3. The lowest BCUT2D eigenvalue weighted by Crippen LogP contribution is -2.32. The zero-order valence-electron chi connectivity index (χ0n) is 17.4. The Morgan fingerprint density at radius 1 is 1.12 bits per heavy atom. The van der Waals surface area contributed by atoms with E-state index in [0.29, 0.717) is 23.7 Å². The molecule has 32 heavy (non-hydrogen) atoms. The van der Waals surface area contributed by atoms with E-state index in [1.54, 1.807) is 0 Å². The number of piperidine rings is 1. The molecule has 0 spiro atoms. The molecule has 0 radical (unpaired) electrons. The summed E-state index contributed by atoms with van der Waals surface area (Å²) in [6.45, 7) is 1.09. The molecule has 1 N–H and O–H groups in total. The van der Waals surface area contributed by atoms with Gasteiger partial charge in [0.05, 0.1) is 5.52 Å². The van der Waals surface area contributed by atoms with Crippen LogP contribution in [0.1, 0.15) is 36.9 Å². The predicted octanol–water partition coefficient (Wildman–Crippen LogP) is 5.21. The fraction of sp³-hybridized carbons (Fsp3) is 0.375. The summed E-state index contributed by atoms with van der Waals surface area (Å²) in [7, 11) is 0. The summed E-state index contributed by atoms with van der Waals surface area (Å²) in [6.07, 6.45) is 1.02. The van der Waals surface area contributed by atoms with Gasteiger partial charge in [-0.2, -0.15) is 13.2 Å². The van der Waals surface area contributed by atoms with Crippen molar-refractivity contribution in [3.8, 4) is 0 Å². The number of nitrogens with one attached hydrogen (secondary N) is 1. The van der Waals surface area contributed by atoms with Crippen LogP contribution in [0.15, 0.2) is 48.7 Å². The third kappa shape index (κ3) is 4.26. The first kappa shape index (κ1) is 20.7. The van der Waals surface area contributed by atoms with Crippen molar-refractivity contribution in [1.82, 2.24) is 9.97 Å². The summed E-state index contributed by atoms with van der Waals surface area (Å²) >= 11 is 0. The van der Waals surface area contributed by atoms with E-state index >= 15 is 0 Å². The van der Waals surface area contributed by atoms with Crippen molar-refractivity contribution in [1.29, 1.82) is 0 Å². The fourth-order valence-corrected chi connectivity index (χ4v) is 4.78. The van der Waals surface area contributed by atoms with E-state index in [1.807, 2.05) is 30.3 Å². The summed E-state index contributed by atoms with van der Waals surface area (Å²) in [4.78, 5) is 23.0. The minimum atomic E-state index is -4.46. The number of anilines is 2. The lowest BCUT2D eigenvalue weighted by molar-refractivity contribution is -0.141. The van der Waals surface area contributed by atoms with Crippen LogP contribution in [0, 0.1) is 5.92 Å². The number of carbonyl (C=O) groups is 1. The smallest absolute Gasteiger partial charge is 0.353 e. The number of rotatable bonds is 5. The van der Waals surface area contributed by atoms with E-state index in [1.165, 1.54) is 31.5 Å². The predicted molar refractivity (Wildman–Crippen MR) is 116 cm³/mol. The molecular weight excluding hydrogens is 417 g/mol. The molecule has 2 atom stereocenters. The van der Waals surface area contributed by atoms with Crippen molar-refractivity contribution in [2.75, 3.05) is 16.8 Å². The SMILES string of the molecule is O=C(CCc1ccc(C(F)(F)F)nc1)Nc1ccc2nc(N3C[C@@H]4CC[C@H]3C4)ccc2c1. The highest BCUT2D eigenvalue weighted by atomic mass is 19.4. The molecule has 2 bridgehead atoms. The summed E-state index contributed by atoms with van der Waals surface area (Å²) in [5.41, 5.74) is 1.21. The molecule has 1 aliphatic heterocycles. The molecule has 2 fully saturated rings. The van der Waals surface area contributed by atoms with Gasteiger partial charge in [-0.05, 0) is 73.6 Å². The molecule has 3 heterocycles. The number of halogens is 3. The molecular formula is C24H23F3N4O. The molecule has 5 nitrogen and oxygen atoms in total. The summed E-state index contributed by atoms with van der Waals surface area (Å²) in [6, 6.07) is 12.6. The van der Waals surface area contributed by atoms with E-state index in [9.17, 15) is 18.0 Å². The largest absolute Gasteiger partial charge is 0.433 e. The summed E-state index contributed by atoms with van der Waals surface area (Å²) < 4.78 is 37.8. The Bertz CT molecular complexity index is 1150. The molecule has 2 aromatic heterocycles. The van der Waals surface area contributed by atoms with Crippen molar-refractivity contribution in [2.24, 2.45) is 5.92 Å². The molecule has 0 unspecified atom stereocenters. The molecule has 1 saturated carbocycles. The second kappa shape index (κ2) is 8.07. The van der Waals surface area contributed by atoms with Gasteiger partial charge in [0.25, 0.3) is 0 Å². The Kier molecular flexibility index (Phi) is 5.23. The summed E-state index contributed by atoms with van der Waals surface area (Å²) in [5, 5.41) is 3.80. The Morgan fingerprint density at radius 3 is 2.69 bits per heavy atom. The second-order valence-electron chi connectivity index (χ2n) is 8.66. The topological polar surface area (TPSA) is 58.1 Å². The van der Waals surface area contributed by atoms with Crippen LogP contribution >= 0.6 is 0 Å². The molecule has 3 aromatic rings. The van der Waals surface area contributed by atoms with Gasteiger partial charge in [0.15, 0.2) is 0 Å². The van der Waals surface area contributed by atoms with Crippen LogP contribution in [0.25, 0.3) is 10.9 Å². The number of alkyl halides is 3. The van der Waals surface area contributed by atoms with Crippen molar-refractivity contribution in [3.05, 3.63) is 59.9 Å². The Hall–Kier alpha value is -3.16. The van der Waals surface area contributed by atoms with Crippen LogP contribution in [0.3, 0.4) is 0 Å². The van der Waals surface area contributed by atoms with Crippen LogP contribution in [-0.2, 0) is 17.4 Å². The summed E-state index contributed by atoms with van der Waals surface area (Å²) in [5.74, 6) is 1.61. The molecule has 8 heteroatoms. The average molecular weight is 440 g/mol. The van der Waals surface area contributed by atoms with Crippen molar-refractivity contribution in [3.63, 3.8) is 0 Å². The molecule has 1 aliphatic carbocycles. The maximum atomic E-state index is 12.6. The number of hydrogen-bond donors (Lipinski definition) is 1. The highest BCUT2D eigenvalue weighted by Gasteiger charge is 2.38. The number of fused-ring (bicyclic) bond motifs is 3. The highest BCUT2D eigenvalue weighted by molar-refractivity contribution is 5.94. The van der Waals surface area contributed by atoms with Gasteiger partial charge in [-0.15, -0.1) is 0 Å². The first-order chi connectivity index (χ1) is 15.3. The minimum Gasteiger partial charge on any atom is -0.353 e. The van der Waals surface area contributed by atoms with Gasteiger partial charge in [-0.25, -0.2) is 4.98 Å². The third-order valence-electron chi connectivity index (χ3n) is 6.42. The Morgan fingerprint density at radius 2 is 2.00 bits per heavy atom. The lowest BCUT2D eigenvalue weighted by Gasteiger charge is -2.28. The number of aromatic nitrogens is 2. The Balaban J connectivity index is 1.20. The quantitative estimate of drug-likeness (QED) is 0.592. The Labute approximate surface area is 183 Å². The molecule has 2 aliphatic rings. The highest BCUT2D eigenvalue weighted by Crippen LogP contribution is 2.40. The molecule has 166 valence electrons. The van der Waals surface area contributed by atoms with Gasteiger partial charge in [-0.3, -0.25) is 9.78 Å². The normalized spacial score (nSPS) is 20.2. The van der Waals surface area contributed by atoms with Crippen LogP contribution in [0.4, 0.5) is 24.7 Å². The van der Waals surface area contributed by atoms with Crippen molar-refractivity contribution < 1.29 is 18.0 Å². The number of benzene rings is 1. The number of pyridine rings is 2. The van der Waals surface area contributed by atoms with Gasteiger partial charge in [0.2, 0.25) is 5.91 Å². The molecule has 1 aromatic carbocycles. The molecule has 1 saturated heterocycles. The first-order valence-corrected chi connectivity index (χ1v) is 10.8. The molecule has 1 amide bonds. The van der Waals surface area contributed by atoms with Crippen LogP contribution < -0.4 is 10.2 Å². The lowest BCUT2D eigenvalue weighted by atomic mass is 10.1. The van der Waals surface area contributed by atoms with E-state index in [4.69, 9.17) is 4.98 Å². The van der Waals surface area contributed by atoms with Gasteiger partial charge in [-0.1, -0.05) is 6.07 Å². The number of carbonyl (C=O) groups excluding carboxylic acids is 1. The maximum absolute atomic E-state index is 12.6. The maximum Gasteiger partial charge on any atom is 0.433 e. The van der Waals surface area contributed by atoms with E-state index in [2.05, 4.69) is 15.2 Å². The first-order valence-electron chi connectivity index (χ1n) is 10.8. The van der Waals surface area contributed by atoms with Crippen molar-refractivity contribution >= 4 is 28.3 Å². The van der Waals surface area contributed by atoms with Gasteiger partial charge in [0.1, 0.15) is 11.5 Å². The van der Waals surface area contributed by atoms with Gasteiger partial charge >= 0.3 is 6.18 Å². The number of amides is 1. The van der Waals surface area contributed by atoms with Gasteiger partial charge in [0, 0.05) is 36.3 Å². The van der Waals surface area contributed by atoms with Crippen LogP contribution in [0.2, 0.25) is 0 Å². The fourth-order valence-electron chi connectivity index (χ4n) is 4.78. The minimum absolute atomic E-state index is 0.153. The second-order valence-corrected chi connectivity index (χ2v) is 8.66. The van der Waals surface area contributed by atoms with E-state index < -0.39 is 11.9 Å². The standard InChI is InChI=1S/C24H23F3N4O/c25-24(26,27)21-8-2-15(13-28-21)3-10-23(32)29-18-5-7-20-17(12-18)4-9-22(30-20)31-14-16-1-6-19(31)11-16/h2,4-5,7-9,12-13,16,19H,1,3,6,10-11,14H2,(H,29,32)/t16-,19+/m1/s1. The number of aryl methyl sites for hydroxylation is 1. The number of hydrogen-bond acceptors (Lipinski definition) is 4. The third-order valence-corrected chi connectivity index (χ3v) is 6.42. The van der Waals surface area contributed by atoms with E-state index in [-0.39, 0.29) is 12.3 Å². The van der Waals surface area contributed by atoms with Crippen LogP contribution in [-0.4, -0.2) is 28.5 Å². The van der Waals surface area contributed by atoms with Crippen LogP contribution in [0.5, 0.6) is 0 Å². The zero-order chi connectivity index (χ0) is 22.3.